The molecule has 4 heterocycles. The Morgan fingerprint density at radius 2 is 0.821 bits per heavy atom. The van der Waals surface area contributed by atoms with Gasteiger partial charge in [0.1, 0.15) is 0 Å². The van der Waals surface area contributed by atoms with Gasteiger partial charge in [-0.25, -0.2) is 9.97 Å². The first kappa shape index (κ1) is 33.0. The summed E-state index contributed by atoms with van der Waals surface area (Å²) in [6.07, 6.45) is 3.60. The summed E-state index contributed by atoms with van der Waals surface area (Å²) < 4.78 is 0. The van der Waals surface area contributed by atoms with Gasteiger partial charge in [-0.15, -0.1) is 0 Å². The van der Waals surface area contributed by atoms with Gasteiger partial charge < -0.3 is 0 Å². The quantitative estimate of drug-likeness (QED) is 0.154. The first-order chi connectivity index (χ1) is 27.8. The highest BCUT2D eigenvalue weighted by Gasteiger charge is 2.18. The second kappa shape index (κ2) is 14.3. The molecule has 4 heteroatoms. The molecular formula is C52H34N4. The molecule has 0 saturated carbocycles. The average Bonchev–Trinajstić information content (AvgIpc) is 3.29. The van der Waals surface area contributed by atoms with E-state index >= 15 is 0 Å². The van der Waals surface area contributed by atoms with Gasteiger partial charge in [0, 0.05) is 34.1 Å². The molecule has 0 radical (unpaired) electrons. The third-order valence-electron chi connectivity index (χ3n) is 10.4. The minimum atomic E-state index is 0.807. The normalized spacial score (nSPS) is 11.2. The van der Waals surface area contributed by atoms with Crippen molar-refractivity contribution in [1.82, 2.24) is 19.9 Å². The summed E-state index contributed by atoms with van der Waals surface area (Å²) in [6.45, 7) is 0. The molecule has 0 aliphatic carbocycles. The van der Waals surface area contributed by atoms with Gasteiger partial charge in [0.05, 0.1) is 34.0 Å². The zero-order valence-electron chi connectivity index (χ0n) is 30.4. The number of rotatable bonds is 7. The van der Waals surface area contributed by atoms with Crippen LogP contribution in [0.5, 0.6) is 0 Å². The summed E-state index contributed by atoms with van der Waals surface area (Å²) in [7, 11) is 0. The van der Waals surface area contributed by atoms with Gasteiger partial charge in [-0.05, 0) is 93.0 Å². The van der Waals surface area contributed by atoms with E-state index in [0.717, 1.165) is 78.1 Å². The molecule has 0 spiro atoms. The van der Waals surface area contributed by atoms with E-state index in [4.69, 9.17) is 9.97 Å². The number of pyridine rings is 4. The standard InChI is InChI=1S/C52H34N4/c1-3-14-37(15-4-1)41-18-7-8-19-43(41)52-44-21-13-20-42(38-16-5-2-6-17-38)51(44)45-32-39(28-29-46(45)56-52)35-24-26-36(27-25-35)40-33-49(47-22-9-11-30-53-47)55-50(34-40)48-23-10-12-31-54-48/h1-34H. The highest BCUT2D eigenvalue weighted by molar-refractivity contribution is 6.18. The molecule has 0 atom stereocenters. The van der Waals surface area contributed by atoms with Crippen molar-refractivity contribution in [2.75, 3.05) is 0 Å². The molecule has 10 rings (SSSR count). The number of hydrogen-bond donors (Lipinski definition) is 0. The third kappa shape index (κ3) is 6.19. The van der Waals surface area contributed by atoms with Crippen LogP contribution in [-0.2, 0) is 0 Å². The highest BCUT2D eigenvalue weighted by atomic mass is 14.8. The van der Waals surface area contributed by atoms with Crippen LogP contribution in [0.3, 0.4) is 0 Å². The lowest BCUT2D eigenvalue weighted by atomic mass is 9.89. The van der Waals surface area contributed by atoms with E-state index in [9.17, 15) is 0 Å². The number of hydrogen-bond acceptors (Lipinski definition) is 4. The topological polar surface area (TPSA) is 51.6 Å². The van der Waals surface area contributed by atoms with E-state index < -0.39 is 0 Å². The van der Waals surface area contributed by atoms with Crippen molar-refractivity contribution >= 4 is 21.7 Å². The summed E-state index contributed by atoms with van der Waals surface area (Å²) in [5.74, 6) is 0. The lowest BCUT2D eigenvalue weighted by Crippen LogP contribution is -1.94. The Labute approximate surface area is 325 Å². The number of benzene rings is 6. The van der Waals surface area contributed by atoms with E-state index in [1.807, 2.05) is 36.4 Å². The van der Waals surface area contributed by atoms with Crippen molar-refractivity contribution in [3.8, 4) is 78.5 Å². The van der Waals surface area contributed by atoms with Crippen molar-refractivity contribution in [3.05, 3.63) is 207 Å². The molecule has 4 nitrogen and oxygen atoms in total. The molecule has 0 aliphatic heterocycles. The van der Waals surface area contributed by atoms with Crippen LogP contribution in [0, 0.1) is 0 Å². The third-order valence-corrected chi connectivity index (χ3v) is 10.4. The SMILES string of the molecule is c1ccc(-c2ccccc2-c2nc3ccc(-c4ccc(-c5cc(-c6ccccn6)nc(-c6ccccn6)c5)cc4)cc3c3c(-c4ccccc4)cccc23)cc1. The number of fused-ring (bicyclic) bond motifs is 3. The van der Waals surface area contributed by atoms with Gasteiger partial charge in [-0.1, -0.05) is 146 Å². The molecule has 10 aromatic rings. The fourth-order valence-electron chi connectivity index (χ4n) is 7.70. The Hall–Kier alpha value is -7.56. The monoisotopic (exact) mass is 714 g/mol. The van der Waals surface area contributed by atoms with Crippen LogP contribution < -0.4 is 0 Å². The fraction of sp³-hybridized carbons (Fsp3) is 0. The van der Waals surface area contributed by atoms with Crippen LogP contribution in [-0.4, -0.2) is 19.9 Å². The molecule has 0 amide bonds. The van der Waals surface area contributed by atoms with Crippen LogP contribution in [0.1, 0.15) is 0 Å². The maximum Gasteiger partial charge on any atom is 0.0900 e. The van der Waals surface area contributed by atoms with Crippen LogP contribution in [0.25, 0.3) is 100 Å². The van der Waals surface area contributed by atoms with Gasteiger partial charge in [0.2, 0.25) is 0 Å². The van der Waals surface area contributed by atoms with Gasteiger partial charge in [0.25, 0.3) is 0 Å². The summed E-state index contributed by atoms with van der Waals surface area (Å²) in [5.41, 5.74) is 15.4. The lowest BCUT2D eigenvalue weighted by Gasteiger charge is -2.17. The molecule has 0 bridgehead atoms. The van der Waals surface area contributed by atoms with Gasteiger partial charge in [-0.2, -0.15) is 0 Å². The van der Waals surface area contributed by atoms with Crippen LogP contribution in [0.15, 0.2) is 207 Å². The van der Waals surface area contributed by atoms with Crippen molar-refractivity contribution in [1.29, 1.82) is 0 Å². The van der Waals surface area contributed by atoms with E-state index in [0.29, 0.717) is 0 Å². The van der Waals surface area contributed by atoms with Gasteiger partial charge in [-0.3, -0.25) is 9.97 Å². The first-order valence-electron chi connectivity index (χ1n) is 18.8. The maximum absolute atomic E-state index is 5.43. The van der Waals surface area contributed by atoms with Crippen LogP contribution >= 0.6 is 0 Å². The average molecular weight is 715 g/mol. The Balaban J connectivity index is 1.11. The fourth-order valence-corrected chi connectivity index (χ4v) is 7.70. The second-order valence-corrected chi connectivity index (χ2v) is 13.8. The molecular weight excluding hydrogens is 681 g/mol. The first-order valence-corrected chi connectivity index (χ1v) is 18.8. The van der Waals surface area contributed by atoms with Gasteiger partial charge >= 0.3 is 0 Å². The predicted molar refractivity (Wildman–Crippen MR) is 231 cm³/mol. The van der Waals surface area contributed by atoms with E-state index in [2.05, 4.69) is 168 Å². The summed E-state index contributed by atoms with van der Waals surface area (Å²) >= 11 is 0. The molecule has 262 valence electrons. The molecule has 0 N–H and O–H groups in total. The summed E-state index contributed by atoms with van der Waals surface area (Å²) in [6, 6.07) is 68.0. The Morgan fingerprint density at radius 1 is 0.286 bits per heavy atom. The maximum atomic E-state index is 5.43. The molecule has 56 heavy (non-hydrogen) atoms. The predicted octanol–water partition coefficient (Wildman–Crippen LogP) is 13.2. The van der Waals surface area contributed by atoms with E-state index in [-0.39, 0.29) is 0 Å². The van der Waals surface area contributed by atoms with Crippen molar-refractivity contribution < 1.29 is 0 Å². The minimum Gasteiger partial charge on any atom is -0.255 e. The van der Waals surface area contributed by atoms with Crippen molar-refractivity contribution in [3.63, 3.8) is 0 Å². The van der Waals surface area contributed by atoms with Gasteiger partial charge in [0.15, 0.2) is 0 Å². The molecule has 0 unspecified atom stereocenters. The van der Waals surface area contributed by atoms with Crippen LogP contribution in [0.4, 0.5) is 0 Å². The lowest BCUT2D eigenvalue weighted by molar-refractivity contribution is 1.22. The van der Waals surface area contributed by atoms with Crippen LogP contribution in [0.2, 0.25) is 0 Å². The second-order valence-electron chi connectivity index (χ2n) is 13.8. The molecule has 6 aromatic carbocycles. The molecule has 0 aliphatic rings. The Kier molecular flexibility index (Phi) is 8.47. The largest absolute Gasteiger partial charge is 0.255 e. The number of nitrogens with zero attached hydrogens (tertiary/aromatic N) is 4. The summed E-state index contributed by atoms with van der Waals surface area (Å²) in [4.78, 5) is 19.6. The highest BCUT2D eigenvalue weighted by Crippen LogP contribution is 2.42. The zero-order chi connectivity index (χ0) is 37.3. The molecule has 0 saturated heterocycles. The van der Waals surface area contributed by atoms with E-state index in [1.165, 1.54) is 22.1 Å². The van der Waals surface area contributed by atoms with E-state index in [1.54, 1.807) is 12.4 Å². The molecule has 4 aromatic heterocycles. The Bertz CT molecular complexity index is 2930. The van der Waals surface area contributed by atoms with Crippen molar-refractivity contribution in [2.24, 2.45) is 0 Å². The smallest absolute Gasteiger partial charge is 0.0900 e. The minimum absolute atomic E-state index is 0.807. The zero-order valence-corrected chi connectivity index (χ0v) is 30.4. The van der Waals surface area contributed by atoms with Crippen molar-refractivity contribution in [2.45, 2.75) is 0 Å². The Morgan fingerprint density at radius 3 is 1.45 bits per heavy atom. The number of aromatic nitrogens is 4. The summed E-state index contributed by atoms with van der Waals surface area (Å²) in [5, 5.41) is 3.44. The molecule has 0 fully saturated rings.